The van der Waals surface area contributed by atoms with Crippen molar-refractivity contribution in [3.63, 3.8) is 0 Å². The van der Waals surface area contributed by atoms with Gasteiger partial charge < -0.3 is 10.6 Å². The van der Waals surface area contributed by atoms with Gasteiger partial charge in [-0.1, -0.05) is 20.3 Å². The van der Waals surface area contributed by atoms with E-state index in [1.165, 1.54) is 29.5 Å². The molecule has 4 nitrogen and oxygen atoms in total. The minimum Gasteiger partial charge on any atom is -0.366 e. The van der Waals surface area contributed by atoms with Crippen molar-refractivity contribution in [3.8, 4) is 0 Å². The van der Waals surface area contributed by atoms with Crippen molar-refractivity contribution in [2.45, 2.75) is 52.5 Å². The van der Waals surface area contributed by atoms with E-state index in [1.54, 1.807) is 11.3 Å². The summed E-state index contributed by atoms with van der Waals surface area (Å²) in [5.74, 6) is 2.58. The fourth-order valence-corrected chi connectivity index (χ4v) is 3.64. The van der Waals surface area contributed by atoms with Crippen LogP contribution in [0.15, 0.2) is 6.07 Å². The van der Waals surface area contributed by atoms with Gasteiger partial charge in [0.05, 0.1) is 5.39 Å². The summed E-state index contributed by atoms with van der Waals surface area (Å²) in [4.78, 5) is 11.7. The van der Waals surface area contributed by atoms with Crippen molar-refractivity contribution < 1.29 is 0 Å². The largest absolute Gasteiger partial charge is 0.366 e. The van der Waals surface area contributed by atoms with Crippen LogP contribution in [0.1, 0.15) is 44.4 Å². The van der Waals surface area contributed by atoms with Crippen LogP contribution in [0.25, 0.3) is 10.2 Å². The summed E-state index contributed by atoms with van der Waals surface area (Å²) in [5, 5.41) is 8.12. The van der Waals surface area contributed by atoms with Crippen molar-refractivity contribution >= 4 is 33.3 Å². The molecule has 5 heteroatoms. The first-order valence-corrected chi connectivity index (χ1v) is 8.81. The molecule has 1 fully saturated rings. The molecule has 2 aromatic heterocycles. The third kappa shape index (κ3) is 3.28. The molecule has 2 heterocycles. The van der Waals surface area contributed by atoms with Crippen molar-refractivity contribution in [1.82, 2.24) is 9.97 Å². The van der Waals surface area contributed by atoms with E-state index in [4.69, 9.17) is 4.98 Å². The van der Waals surface area contributed by atoms with Gasteiger partial charge in [-0.15, -0.1) is 11.3 Å². The van der Waals surface area contributed by atoms with E-state index >= 15 is 0 Å². The summed E-state index contributed by atoms with van der Waals surface area (Å²) >= 11 is 1.74. The van der Waals surface area contributed by atoms with Gasteiger partial charge >= 0.3 is 0 Å². The maximum atomic E-state index is 4.70. The van der Waals surface area contributed by atoms with Crippen LogP contribution in [0.2, 0.25) is 0 Å². The van der Waals surface area contributed by atoms with Crippen molar-refractivity contribution in [3.05, 3.63) is 10.9 Å². The van der Waals surface area contributed by atoms with Gasteiger partial charge in [-0.3, -0.25) is 0 Å². The van der Waals surface area contributed by atoms with Gasteiger partial charge in [-0.2, -0.15) is 4.98 Å². The molecule has 2 N–H and O–H groups in total. The van der Waals surface area contributed by atoms with Gasteiger partial charge in [0.25, 0.3) is 0 Å². The highest BCUT2D eigenvalue weighted by Crippen LogP contribution is 2.39. The Morgan fingerprint density at radius 3 is 2.90 bits per heavy atom. The summed E-state index contributed by atoms with van der Waals surface area (Å²) in [6.45, 7) is 7.45. The Labute approximate surface area is 130 Å². The summed E-state index contributed by atoms with van der Waals surface area (Å²) < 4.78 is 0. The fourth-order valence-electron chi connectivity index (χ4n) is 2.76. The number of rotatable bonds is 7. The lowest BCUT2D eigenvalue weighted by Gasteiger charge is -2.09. The quantitative estimate of drug-likeness (QED) is 0.795. The number of nitrogens with zero attached hydrogens (tertiary/aromatic N) is 2. The van der Waals surface area contributed by atoms with E-state index in [1.807, 2.05) is 0 Å². The number of aromatic nitrogens is 2. The standard InChI is InChI=1S/C16H24N4S/c1-4-6-11-9-13(11)18-14-12-8-10(3)21-15(12)20-16(19-14)17-7-5-2/h8,11,13H,4-7,9H2,1-3H3,(H2,17,18,19,20). The van der Waals surface area contributed by atoms with Gasteiger partial charge in [0, 0.05) is 17.5 Å². The van der Waals surface area contributed by atoms with Crippen molar-refractivity contribution in [2.75, 3.05) is 17.2 Å². The summed E-state index contributed by atoms with van der Waals surface area (Å²) in [7, 11) is 0. The average molecular weight is 304 g/mol. The highest BCUT2D eigenvalue weighted by atomic mass is 32.1. The van der Waals surface area contributed by atoms with Crippen LogP contribution in [0, 0.1) is 12.8 Å². The van der Waals surface area contributed by atoms with Crippen molar-refractivity contribution in [1.29, 1.82) is 0 Å². The summed E-state index contributed by atoms with van der Waals surface area (Å²) in [5.41, 5.74) is 0. The molecule has 1 aliphatic carbocycles. The van der Waals surface area contributed by atoms with Gasteiger partial charge in [0.2, 0.25) is 5.95 Å². The van der Waals surface area contributed by atoms with Crippen LogP contribution in [0.5, 0.6) is 0 Å². The average Bonchev–Trinajstić information content (AvgIpc) is 3.05. The molecule has 0 radical (unpaired) electrons. The zero-order valence-corrected chi connectivity index (χ0v) is 13.9. The van der Waals surface area contributed by atoms with Crippen LogP contribution >= 0.6 is 11.3 Å². The monoisotopic (exact) mass is 304 g/mol. The molecule has 0 saturated heterocycles. The molecule has 0 aliphatic heterocycles. The van der Waals surface area contributed by atoms with E-state index < -0.39 is 0 Å². The van der Waals surface area contributed by atoms with Gasteiger partial charge in [-0.25, -0.2) is 4.98 Å². The lowest BCUT2D eigenvalue weighted by atomic mass is 10.2. The molecule has 3 rings (SSSR count). The fraction of sp³-hybridized carbons (Fsp3) is 0.625. The molecule has 1 aliphatic rings. The molecule has 0 spiro atoms. The second-order valence-corrected chi connectivity index (χ2v) is 7.17. The smallest absolute Gasteiger partial charge is 0.226 e. The lowest BCUT2D eigenvalue weighted by Crippen LogP contribution is -2.10. The van der Waals surface area contributed by atoms with Crippen LogP contribution in [0.4, 0.5) is 11.8 Å². The Balaban J connectivity index is 1.84. The number of nitrogens with one attached hydrogen (secondary N) is 2. The predicted molar refractivity (Wildman–Crippen MR) is 91.4 cm³/mol. The third-order valence-corrected chi connectivity index (χ3v) is 4.90. The van der Waals surface area contributed by atoms with Crippen LogP contribution in [0.3, 0.4) is 0 Å². The summed E-state index contributed by atoms with van der Waals surface area (Å²) in [6.07, 6.45) is 4.94. The maximum absolute atomic E-state index is 4.70. The van der Waals surface area contributed by atoms with Gasteiger partial charge in [0.15, 0.2) is 0 Å². The first-order chi connectivity index (χ1) is 10.2. The minimum atomic E-state index is 0.599. The number of anilines is 2. The molecule has 21 heavy (non-hydrogen) atoms. The normalized spacial score (nSPS) is 20.7. The van der Waals surface area contributed by atoms with Crippen LogP contribution in [-0.4, -0.2) is 22.6 Å². The maximum Gasteiger partial charge on any atom is 0.226 e. The van der Waals surface area contributed by atoms with Gasteiger partial charge in [0.1, 0.15) is 10.6 Å². The third-order valence-electron chi connectivity index (χ3n) is 3.95. The molecule has 0 amide bonds. The van der Waals surface area contributed by atoms with Crippen LogP contribution in [-0.2, 0) is 0 Å². The zero-order valence-electron chi connectivity index (χ0n) is 13.1. The van der Waals surface area contributed by atoms with Crippen LogP contribution < -0.4 is 10.6 Å². The topological polar surface area (TPSA) is 49.8 Å². The van der Waals surface area contributed by atoms with E-state index in [0.29, 0.717) is 6.04 Å². The minimum absolute atomic E-state index is 0.599. The van der Waals surface area contributed by atoms with Gasteiger partial charge in [-0.05, 0) is 38.2 Å². The molecule has 2 atom stereocenters. The Morgan fingerprint density at radius 1 is 1.29 bits per heavy atom. The number of aryl methyl sites for hydroxylation is 1. The van der Waals surface area contributed by atoms with E-state index in [9.17, 15) is 0 Å². The number of thiophene rings is 1. The Morgan fingerprint density at radius 2 is 2.14 bits per heavy atom. The Hall–Kier alpha value is -1.36. The number of fused-ring (bicyclic) bond motifs is 1. The molecule has 1 saturated carbocycles. The zero-order chi connectivity index (χ0) is 14.8. The summed E-state index contributed by atoms with van der Waals surface area (Å²) in [6, 6.07) is 2.80. The second-order valence-electron chi connectivity index (χ2n) is 5.93. The Bertz CT molecular complexity index is 622. The molecule has 2 unspecified atom stereocenters. The first kappa shape index (κ1) is 14.6. The molecule has 0 aromatic carbocycles. The first-order valence-electron chi connectivity index (χ1n) is 7.99. The second kappa shape index (κ2) is 6.18. The number of hydrogen-bond acceptors (Lipinski definition) is 5. The highest BCUT2D eigenvalue weighted by molar-refractivity contribution is 7.18. The van der Waals surface area contributed by atoms with E-state index in [2.05, 4.69) is 42.5 Å². The lowest BCUT2D eigenvalue weighted by molar-refractivity contribution is 0.692. The molecular formula is C16H24N4S. The Kier molecular flexibility index (Phi) is 4.29. The molecule has 114 valence electrons. The number of hydrogen-bond donors (Lipinski definition) is 2. The SMILES string of the molecule is CCCNc1nc(NC2CC2CCC)c2cc(C)sc2n1. The predicted octanol–water partition coefficient (Wildman–Crippen LogP) is 4.42. The van der Waals surface area contributed by atoms with E-state index in [-0.39, 0.29) is 0 Å². The highest BCUT2D eigenvalue weighted by Gasteiger charge is 2.36. The van der Waals surface area contributed by atoms with E-state index in [0.717, 1.165) is 35.5 Å². The van der Waals surface area contributed by atoms with Crippen molar-refractivity contribution in [2.24, 2.45) is 5.92 Å². The molecule has 2 aromatic rings. The molecular weight excluding hydrogens is 280 g/mol. The molecule has 0 bridgehead atoms.